The van der Waals surface area contributed by atoms with Crippen molar-refractivity contribution >= 4 is 11.3 Å². The third kappa shape index (κ3) is 5.05. The zero-order valence-electron chi connectivity index (χ0n) is 10.6. The Kier molecular flexibility index (Phi) is 5.95. The number of nitrogens with zero attached hydrogens (tertiary/aromatic N) is 1. The molecule has 1 aromatic rings. The van der Waals surface area contributed by atoms with E-state index in [2.05, 4.69) is 36.5 Å². The van der Waals surface area contributed by atoms with Crippen LogP contribution in [0.3, 0.4) is 0 Å². The quantitative estimate of drug-likeness (QED) is 0.797. The first-order valence-electron chi connectivity index (χ1n) is 5.87. The highest BCUT2D eigenvalue weighted by Crippen LogP contribution is 2.11. The van der Waals surface area contributed by atoms with Crippen LogP contribution < -0.4 is 5.32 Å². The highest BCUT2D eigenvalue weighted by Gasteiger charge is 2.11. The van der Waals surface area contributed by atoms with Crippen molar-refractivity contribution in [2.45, 2.75) is 46.3 Å². The summed E-state index contributed by atoms with van der Waals surface area (Å²) in [6.45, 7) is 10.0. The van der Waals surface area contributed by atoms with E-state index >= 15 is 0 Å². The second-order valence-corrected chi connectivity index (χ2v) is 5.17. The largest absolute Gasteiger partial charge is 0.377 e. The fourth-order valence-corrected chi connectivity index (χ4v) is 2.35. The molecule has 1 aromatic heterocycles. The lowest BCUT2D eigenvalue weighted by Gasteiger charge is -2.18. The van der Waals surface area contributed by atoms with Gasteiger partial charge in [0, 0.05) is 23.5 Å². The maximum atomic E-state index is 5.65. The van der Waals surface area contributed by atoms with Gasteiger partial charge in [0.2, 0.25) is 0 Å². The average molecular weight is 242 g/mol. The van der Waals surface area contributed by atoms with E-state index in [4.69, 9.17) is 4.74 Å². The zero-order valence-corrected chi connectivity index (χ0v) is 11.4. The monoisotopic (exact) mass is 242 g/mol. The summed E-state index contributed by atoms with van der Waals surface area (Å²) in [5.74, 6) is 0. The van der Waals surface area contributed by atoms with Gasteiger partial charge in [-0.3, -0.25) is 0 Å². The van der Waals surface area contributed by atoms with Crippen LogP contribution in [0.4, 0.5) is 0 Å². The van der Waals surface area contributed by atoms with Crippen molar-refractivity contribution in [1.82, 2.24) is 10.3 Å². The molecule has 0 fully saturated rings. The number of aromatic nitrogens is 1. The van der Waals surface area contributed by atoms with Gasteiger partial charge in [0.1, 0.15) is 0 Å². The maximum absolute atomic E-state index is 5.65. The zero-order chi connectivity index (χ0) is 12.0. The van der Waals surface area contributed by atoms with Crippen LogP contribution in [-0.4, -0.2) is 30.3 Å². The van der Waals surface area contributed by atoms with Gasteiger partial charge in [-0.15, -0.1) is 11.3 Å². The first kappa shape index (κ1) is 13.6. The standard InChI is InChI=1S/C12H22N2OS/c1-5-13-11(7-15-9(2)3)6-12-14-10(4)8-16-12/h8-9,11,13H,5-7H2,1-4H3. The maximum Gasteiger partial charge on any atom is 0.0944 e. The number of hydrogen-bond donors (Lipinski definition) is 1. The molecule has 0 spiro atoms. The van der Waals surface area contributed by atoms with Gasteiger partial charge < -0.3 is 10.1 Å². The van der Waals surface area contributed by atoms with E-state index in [-0.39, 0.29) is 0 Å². The van der Waals surface area contributed by atoms with E-state index in [1.165, 1.54) is 5.01 Å². The molecule has 92 valence electrons. The molecule has 0 saturated heterocycles. The Morgan fingerprint density at radius 3 is 2.75 bits per heavy atom. The molecule has 0 amide bonds. The van der Waals surface area contributed by atoms with Crippen LogP contribution in [-0.2, 0) is 11.2 Å². The SMILES string of the molecule is CCNC(COC(C)C)Cc1nc(C)cs1. The summed E-state index contributed by atoms with van der Waals surface area (Å²) in [5, 5.41) is 6.73. The average Bonchev–Trinajstić information content (AvgIpc) is 2.61. The molecule has 1 N–H and O–H groups in total. The Labute approximate surface area is 102 Å². The summed E-state index contributed by atoms with van der Waals surface area (Å²) in [4.78, 5) is 4.48. The molecule has 0 aliphatic carbocycles. The van der Waals surface area contributed by atoms with Crippen LogP contribution in [0, 0.1) is 6.92 Å². The van der Waals surface area contributed by atoms with Gasteiger partial charge in [0.25, 0.3) is 0 Å². The predicted molar refractivity (Wildman–Crippen MR) is 69.1 cm³/mol. The Morgan fingerprint density at radius 2 is 2.25 bits per heavy atom. The number of hydrogen-bond acceptors (Lipinski definition) is 4. The highest BCUT2D eigenvalue weighted by molar-refractivity contribution is 7.09. The minimum atomic E-state index is 0.291. The van der Waals surface area contributed by atoms with E-state index in [0.717, 1.165) is 25.3 Å². The molecule has 3 nitrogen and oxygen atoms in total. The van der Waals surface area contributed by atoms with Crippen LogP contribution in [0.5, 0.6) is 0 Å². The second kappa shape index (κ2) is 6.99. The molecule has 4 heteroatoms. The fraction of sp³-hybridized carbons (Fsp3) is 0.750. The molecule has 16 heavy (non-hydrogen) atoms. The number of thiazole rings is 1. The van der Waals surface area contributed by atoms with E-state index in [0.29, 0.717) is 12.1 Å². The van der Waals surface area contributed by atoms with Gasteiger partial charge in [-0.25, -0.2) is 4.98 Å². The van der Waals surface area contributed by atoms with Gasteiger partial charge in [-0.1, -0.05) is 6.92 Å². The number of ether oxygens (including phenoxy) is 1. The summed E-state index contributed by atoms with van der Waals surface area (Å²) in [5.41, 5.74) is 1.11. The Morgan fingerprint density at radius 1 is 1.50 bits per heavy atom. The van der Waals surface area contributed by atoms with Gasteiger partial charge in [-0.2, -0.15) is 0 Å². The van der Waals surface area contributed by atoms with Crippen molar-refractivity contribution in [2.24, 2.45) is 0 Å². The van der Waals surface area contributed by atoms with Crippen molar-refractivity contribution < 1.29 is 4.74 Å². The molecule has 0 saturated carbocycles. The van der Waals surface area contributed by atoms with E-state index in [9.17, 15) is 0 Å². The van der Waals surface area contributed by atoms with Crippen molar-refractivity contribution in [3.05, 3.63) is 16.1 Å². The number of likely N-dealkylation sites (N-methyl/N-ethyl adjacent to an activating group) is 1. The molecular weight excluding hydrogens is 220 g/mol. The van der Waals surface area contributed by atoms with Crippen molar-refractivity contribution in [1.29, 1.82) is 0 Å². The van der Waals surface area contributed by atoms with Gasteiger partial charge in [0.15, 0.2) is 0 Å². The number of nitrogens with one attached hydrogen (secondary N) is 1. The van der Waals surface area contributed by atoms with Crippen LogP contribution in [0.1, 0.15) is 31.5 Å². The van der Waals surface area contributed by atoms with Crippen molar-refractivity contribution in [3.8, 4) is 0 Å². The summed E-state index contributed by atoms with van der Waals surface area (Å²) in [6.07, 6.45) is 1.25. The van der Waals surface area contributed by atoms with Gasteiger partial charge in [-0.05, 0) is 27.3 Å². The van der Waals surface area contributed by atoms with Crippen LogP contribution in [0.2, 0.25) is 0 Å². The lowest BCUT2D eigenvalue weighted by atomic mass is 10.2. The molecule has 1 atom stereocenters. The molecule has 1 heterocycles. The summed E-state index contributed by atoms with van der Waals surface area (Å²) in [6, 6.07) is 0.373. The van der Waals surface area contributed by atoms with Gasteiger partial charge >= 0.3 is 0 Å². The van der Waals surface area contributed by atoms with Crippen LogP contribution in [0.25, 0.3) is 0 Å². The van der Waals surface area contributed by atoms with E-state index in [1.807, 2.05) is 6.92 Å². The second-order valence-electron chi connectivity index (χ2n) is 4.22. The first-order chi connectivity index (χ1) is 7.61. The first-order valence-corrected chi connectivity index (χ1v) is 6.75. The Balaban J connectivity index is 2.43. The Hall–Kier alpha value is -0.450. The summed E-state index contributed by atoms with van der Waals surface area (Å²) < 4.78 is 5.65. The molecule has 0 radical (unpaired) electrons. The topological polar surface area (TPSA) is 34.1 Å². The number of rotatable bonds is 7. The fourth-order valence-electron chi connectivity index (χ4n) is 1.49. The molecular formula is C12H22N2OS. The normalized spacial score (nSPS) is 13.3. The molecule has 0 aliphatic rings. The summed E-state index contributed by atoms with van der Waals surface area (Å²) >= 11 is 1.73. The lowest BCUT2D eigenvalue weighted by molar-refractivity contribution is 0.0616. The van der Waals surface area contributed by atoms with E-state index in [1.54, 1.807) is 11.3 Å². The lowest BCUT2D eigenvalue weighted by Crippen LogP contribution is -2.36. The van der Waals surface area contributed by atoms with Gasteiger partial charge in [0.05, 0.1) is 17.7 Å². The highest BCUT2D eigenvalue weighted by atomic mass is 32.1. The van der Waals surface area contributed by atoms with Crippen LogP contribution in [0.15, 0.2) is 5.38 Å². The summed E-state index contributed by atoms with van der Waals surface area (Å²) in [7, 11) is 0. The molecule has 1 rings (SSSR count). The van der Waals surface area contributed by atoms with Crippen molar-refractivity contribution in [2.75, 3.05) is 13.2 Å². The van der Waals surface area contributed by atoms with E-state index < -0.39 is 0 Å². The Bertz CT molecular complexity index is 299. The third-order valence-electron chi connectivity index (χ3n) is 2.21. The smallest absolute Gasteiger partial charge is 0.0944 e. The number of aryl methyl sites for hydroxylation is 1. The molecule has 0 bridgehead atoms. The molecule has 0 aromatic carbocycles. The minimum absolute atomic E-state index is 0.291. The predicted octanol–water partition coefficient (Wildman–Crippen LogP) is 2.40. The van der Waals surface area contributed by atoms with Crippen molar-refractivity contribution in [3.63, 3.8) is 0 Å². The third-order valence-corrected chi connectivity index (χ3v) is 3.20. The molecule has 0 aliphatic heterocycles. The van der Waals surface area contributed by atoms with Crippen LogP contribution >= 0.6 is 11.3 Å². The molecule has 1 unspecified atom stereocenters. The minimum Gasteiger partial charge on any atom is -0.377 e.